The minimum absolute atomic E-state index is 0.143. The van der Waals surface area contributed by atoms with Crippen LogP contribution in [0.3, 0.4) is 0 Å². The first-order chi connectivity index (χ1) is 6.41. The van der Waals surface area contributed by atoms with Crippen LogP contribution < -0.4 is 0 Å². The van der Waals surface area contributed by atoms with Crippen LogP contribution in [0.4, 0.5) is 0 Å². The topological polar surface area (TPSA) is 20.3 Å². The third-order valence-electron chi connectivity index (χ3n) is 2.60. The maximum Gasteiger partial charge on any atom is 0.235 e. The van der Waals surface area contributed by atoms with Gasteiger partial charge in [-0.1, -0.05) is 27.2 Å². The van der Waals surface area contributed by atoms with Gasteiger partial charge in [0.1, 0.15) is 0 Å². The van der Waals surface area contributed by atoms with Gasteiger partial charge in [0.2, 0.25) is 5.91 Å². The van der Waals surface area contributed by atoms with Crippen LogP contribution >= 0.6 is 12.6 Å². The van der Waals surface area contributed by atoms with Crippen molar-refractivity contribution in [2.75, 3.05) is 7.05 Å². The molecule has 0 fully saturated rings. The van der Waals surface area contributed by atoms with Crippen LogP contribution in [0.15, 0.2) is 0 Å². The number of hydrogen-bond donors (Lipinski definition) is 1. The van der Waals surface area contributed by atoms with Gasteiger partial charge in [-0.05, 0) is 19.3 Å². The summed E-state index contributed by atoms with van der Waals surface area (Å²) in [4.78, 5) is 13.7. The zero-order valence-corrected chi connectivity index (χ0v) is 10.8. The van der Waals surface area contributed by atoms with E-state index in [0.717, 1.165) is 12.8 Å². The van der Waals surface area contributed by atoms with E-state index in [-0.39, 0.29) is 11.2 Å². The second-order valence-corrected chi connectivity index (χ2v) is 4.83. The Morgan fingerprint density at radius 2 is 1.86 bits per heavy atom. The fraction of sp³-hybridized carbons (Fsp3) is 0.909. The van der Waals surface area contributed by atoms with Crippen molar-refractivity contribution in [2.24, 2.45) is 5.92 Å². The average molecular weight is 217 g/mol. The van der Waals surface area contributed by atoms with E-state index in [9.17, 15) is 4.79 Å². The molecular formula is C11H23NOS. The number of nitrogens with zero attached hydrogens (tertiary/aromatic N) is 1. The zero-order valence-electron chi connectivity index (χ0n) is 9.95. The first kappa shape index (κ1) is 13.8. The summed E-state index contributed by atoms with van der Waals surface area (Å²) in [5.41, 5.74) is 0. The Balaban J connectivity index is 4.23. The lowest BCUT2D eigenvalue weighted by Gasteiger charge is -2.28. The van der Waals surface area contributed by atoms with E-state index in [0.29, 0.717) is 12.0 Å². The van der Waals surface area contributed by atoms with Gasteiger partial charge in [-0.3, -0.25) is 4.79 Å². The van der Waals surface area contributed by atoms with E-state index in [1.807, 2.05) is 25.8 Å². The molecule has 0 aliphatic heterocycles. The van der Waals surface area contributed by atoms with E-state index in [1.165, 1.54) is 0 Å². The van der Waals surface area contributed by atoms with Crippen molar-refractivity contribution >= 4 is 18.5 Å². The van der Waals surface area contributed by atoms with Gasteiger partial charge in [-0.2, -0.15) is 12.6 Å². The van der Waals surface area contributed by atoms with Crippen molar-refractivity contribution < 1.29 is 4.79 Å². The molecule has 0 rings (SSSR count). The van der Waals surface area contributed by atoms with Gasteiger partial charge in [0.15, 0.2) is 0 Å². The van der Waals surface area contributed by atoms with E-state index < -0.39 is 0 Å². The van der Waals surface area contributed by atoms with E-state index in [1.54, 1.807) is 0 Å². The highest BCUT2D eigenvalue weighted by Crippen LogP contribution is 2.14. The molecule has 0 heterocycles. The Kier molecular flexibility index (Phi) is 6.25. The fourth-order valence-electron chi connectivity index (χ4n) is 1.32. The van der Waals surface area contributed by atoms with Crippen LogP contribution in [-0.4, -0.2) is 29.1 Å². The molecule has 2 nitrogen and oxygen atoms in total. The van der Waals surface area contributed by atoms with Crippen LogP contribution in [0.5, 0.6) is 0 Å². The molecule has 0 aromatic carbocycles. The average Bonchev–Trinajstić information content (AvgIpc) is 2.14. The van der Waals surface area contributed by atoms with Crippen LogP contribution in [0.25, 0.3) is 0 Å². The molecule has 14 heavy (non-hydrogen) atoms. The Morgan fingerprint density at radius 1 is 1.36 bits per heavy atom. The predicted octanol–water partition coefficient (Wildman–Crippen LogP) is 2.59. The summed E-state index contributed by atoms with van der Waals surface area (Å²) in [5.74, 6) is 0.436. The van der Waals surface area contributed by atoms with Gasteiger partial charge in [-0.15, -0.1) is 0 Å². The molecule has 0 aromatic rings. The summed E-state index contributed by atoms with van der Waals surface area (Å²) >= 11 is 4.33. The highest BCUT2D eigenvalue weighted by Gasteiger charge is 2.23. The molecule has 2 unspecified atom stereocenters. The first-order valence-corrected chi connectivity index (χ1v) is 5.88. The molecule has 0 saturated carbocycles. The monoisotopic (exact) mass is 217 g/mol. The Morgan fingerprint density at radius 3 is 2.21 bits per heavy atom. The molecule has 0 bridgehead atoms. The molecule has 1 amide bonds. The molecule has 0 N–H and O–H groups in total. The van der Waals surface area contributed by atoms with Gasteiger partial charge in [0.25, 0.3) is 0 Å². The maximum atomic E-state index is 11.9. The Bertz CT molecular complexity index is 182. The summed E-state index contributed by atoms with van der Waals surface area (Å²) in [7, 11) is 1.87. The standard InChI is InChI=1S/C11H23NOS/c1-6-7-9(4)12(5)11(13)10(14)8(2)3/h8-10,14H,6-7H2,1-5H3. The lowest BCUT2D eigenvalue weighted by molar-refractivity contribution is -0.131. The van der Waals surface area contributed by atoms with Gasteiger partial charge in [-0.25, -0.2) is 0 Å². The Labute approximate surface area is 93.5 Å². The highest BCUT2D eigenvalue weighted by atomic mass is 32.1. The largest absolute Gasteiger partial charge is 0.342 e. The number of amides is 1. The van der Waals surface area contributed by atoms with E-state index >= 15 is 0 Å². The first-order valence-electron chi connectivity index (χ1n) is 5.36. The SMILES string of the molecule is CCCC(C)N(C)C(=O)C(S)C(C)C. The van der Waals surface area contributed by atoms with Crippen molar-refractivity contribution in [3.63, 3.8) is 0 Å². The maximum absolute atomic E-state index is 11.9. The summed E-state index contributed by atoms with van der Waals surface area (Å²) in [6.07, 6.45) is 2.17. The van der Waals surface area contributed by atoms with Crippen molar-refractivity contribution in [1.82, 2.24) is 4.90 Å². The second kappa shape index (κ2) is 6.33. The molecule has 3 heteroatoms. The summed E-state index contributed by atoms with van der Waals surface area (Å²) < 4.78 is 0. The van der Waals surface area contributed by atoms with Crippen LogP contribution in [0, 0.1) is 5.92 Å². The molecule has 0 saturated heterocycles. The van der Waals surface area contributed by atoms with Gasteiger partial charge >= 0.3 is 0 Å². The number of hydrogen-bond acceptors (Lipinski definition) is 2. The van der Waals surface area contributed by atoms with Gasteiger partial charge < -0.3 is 4.90 Å². The molecular weight excluding hydrogens is 194 g/mol. The van der Waals surface area contributed by atoms with E-state index in [4.69, 9.17) is 0 Å². The number of thiol groups is 1. The molecule has 0 aromatic heterocycles. The van der Waals surface area contributed by atoms with Crippen molar-refractivity contribution in [1.29, 1.82) is 0 Å². The molecule has 0 radical (unpaired) electrons. The third-order valence-corrected chi connectivity index (χ3v) is 3.42. The van der Waals surface area contributed by atoms with Crippen LogP contribution in [0.1, 0.15) is 40.5 Å². The number of rotatable bonds is 5. The summed E-state index contributed by atoms with van der Waals surface area (Å²) in [6.45, 7) is 8.26. The molecule has 0 spiro atoms. The highest BCUT2D eigenvalue weighted by molar-refractivity contribution is 7.81. The second-order valence-electron chi connectivity index (χ2n) is 4.28. The Hall–Kier alpha value is -0.180. The lowest BCUT2D eigenvalue weighted by atomic mass is 10.1. The summed E-state index contributed by atoms with van der Waals surface area (Å²) in [5, 5.41) is -0.167. The lowest BCUT2D eigenvalue weighted by Crippen LogP contribution is -2.41. The third kappa shape index (κ3) is 3.91. The van der Waals surface area contributed by atoms with Gasteiger partial charge in [0, 0.05) is 13.1 Å². The number of carbonyl (C=O) groups is 1. The molecule has 2 atom stereocenters. The summed E-state index contributed by atoms with van der Waals surface area (Å²) in [6, 6.07) is 0.320. The predicted molar refractivity (Wildman–Crippen MR) is 64.8 cm³/mol. The van der Waals surface area contributed by atoms with Crippen molar-refractivity contribution in [2.45, 2.75) is 51.8 Å². The van der Waals surface area contributed by atoms with Gasteiger partial charge in [0.05, 0.1) is 5.25 Å². The smallest absolute Gasteiger partial charge is 0.235 e. The minimum atomic E-state index is -0.167. The van der Waals surface area contributed by atoms with Crippen molar-refractivity contribution in [3.8, 4) is 0 Å². The number of carbonyl (C=O) groups excluding carboxylic acids is 1. The van der Waals surface area contributed by atoms with Crippen molar-refractivity contribution in [3.05, 3.63) is 0 Å². The van der Waals surface area contributed by atoms with E-state index in [2.05, 4.69) is 26.5 Å². The zero-order chi connectivity index (χ0) is 11.3. The molecule has 0 aliphatic rings. The molecule has 84 valence electrons. The fourth-order valence-corrected chi connectivity index (χ4v) is 1.50. The van der Waals surface area contributed by atoms with Crippen LogP contribution in [-0.2, 0) is 4.79 Å². The normalized spacial score (nSPS) is 15.4. The molecule has 0 aliphatic carbocycles. The minimum Gasteiger partial charge on any atom is -0.342 e. The quantitative estimate of drug-likeness (QED) is 0.702. The van der Waals surface area contributed by atoms with Crippen LogP contribution in [0.2, 0.25) is 0 Å².